The van der Waals surface area contributed by atoms with Crippen molar-refractivity contribution < 1.29 is 5.11 Å². The van der Waals surface area contributed by atoms with E-state index in [-0.39, 0.29) is 6.61 Å². The molecule has 2 N–H and O–H groups in total. The molecule has 1 heterocycles. The zero-order valence-electron chi connectivity index (χ0n) is 9.86. The maximum atomic E-state index is 8.61. The summed E-state index contributed by atoms with van der Waals surface area (Å²) < 4.78 is 0. The number of rotatable bonds is 7. The summed E-state index contributed by atoms with van der Waals surface area (Å²) in [5.74, 6) is 2.72. The molecule has 0 fully saturated rings. The van der Waals surface area contributed by atoms with E-state index in [9.17, 15) is 0 Å². The second-order valence-electron chi connectivity index (χ2n) is 3.59. The molecule has 0 saturated heterocycles. The molecule has 16 heavy (non-hydrogen) atoms. The first-order chi connectivity index (χ1) is 7.72. The fraction of sp³-hybridized carbons (Fsp3) is 0.636. The number of nitrogens with one attached hydrogen (secondary N) is 1. The minimum Gasteiger partial charge on any atom is -0.396 e. The van der Waals surface area contributed by atoms with Gasteiger partial charge < -0.3 is 10.4 Å². The predicted octanol–water partition coefficient (Wildman–Crippen LogP) is 1.62. The molecule has 1 aromatic rings. The Morgan fingerprint density at radius 3 is 2.56 bits per heavy atom. The monoisotopic (exact) mass is 241 g/mol. The third-order valence-corrected chi connectivity index (χ3v) is 3.03. The third kappa shape index (κ3) is 5.32. The summed E-state index contributed by atoms with van der Waals surface area (Å²) in [6.45, 7) is 5.07. The molecule has 0 amide bonds. The van der Waals surface area contributed by atoms with Crippen LogP contribution in [0, 0.1) is 13.8 Å². The number of aromatic nitrogens is 2. The van der Waals surface area contributed by atoms with Gasteiger partial charge in [0.05, 0.1) is 0 Å². The standard InChI is InChI=1S/C11H19N3OS/c1-9-8-10(2)14-11(13-9)12-4-7-16-6-3-5-15/h8,15H,3-7H2,1-2H3,(H,12,13,14). The lowest BCUT2D eigenvalue weighted by Gasteiger charge is -2.06. The van der Waals surface area contributed by atoms with Crippen LogP contribution < -0.4 is 5.32 Å². The van der Waals surface area contributed by atoms with Gasteiger partial charge >= 0.3 is 0 Å². The lowest BCUT2D eigenvalue weighted by atomic mass is 10.4. The summed E-state index contributed by atoms with van der Waals surface area (Å²) in [6, 6.07) is 1.96. The van der Waals surface area contributed by atoms with Crippen molar-refractivity contribution in [3.05, 3.63) is 17.5 Å². The van der Waals surface area contributed by atoms with E-state index in [2.05, 4.69) is 15.3 Å². The van der Waals surface area contributed by atoms with Gasteiger partial charge in [0.1, 0.15) is 0 Å². The SMILES string of the molecule is Cc1cc(C)nc(NCCSCCCO)n1. The molecule has 1 aromatic heterocycles. The first-order valence-corrected chi connectivity index (χ1v) is 6.62. The average Bonchev–Trinajstić information content (AvgIpc) is 2.22. The van der Waals surface area contributed by atoms with Gasteiger partial charge in [-0.15, -0.1) is 0 Å². The fourth-order valence-corrected chi connectivity index (χ4v) is 2.09. The van der Waals surface area contributed by atoms with E-state index in [0.29, 0.717) is 5.95 Å². The normalized spacial score (nSPS) is 10.4. The van der Waals surface area contributed by atoms with Crippen molar-refractivity contribution in [1.82, 2.24) is 9.97 Å². The predicted molar refractivity (Wildman–Crippen MR) is 69.0 cm³/mol. The largest absolute Gasteiger partial charge is 0.396 e. The Hall–Kier alpha value is -0.810. The third-order valence-electron chi connectivity index (χ3n) is 1.96. The highest BCUT2D eigenvalue weighted by Crippen LogP contribution is 2.05. The Morgan fingerprint density at radius 1 is 1.25 bits per heavy atom. The van der Waals surface area contributed by atoms with Gasteiger partial charge in [-0.05, 0) is 32.1 Å². The van der Waals surface area contributed by atoms with E-state index in [0.717, 1.165) is 35.9 Å². The van der Waals surface area contributed by atoms with Crippen molar-refractivity contribution in [3.63, 3.8) is 0 Å². The van der Waals surface area contributed by atoms with Crippen LogP contribution >= 0.6 is 11.8 Å². The first-order valence-electron chi connectivity index (χ1n) is 5.47. The minimum absolute atomic E-state index is 0.278. The lowest BCUT2D eigenvalue weighted by Crippen LogP contribution is -2.09. The number of aliphatic hydroxyl groups excluding tert-OH is 1. The van der Waals surface area contributed by atoms with Gasteiger partial charge in [0.2, 0.25) is 5.95 Å². The van der Waals surface area contributed by atoms with Gasteiger partial charge in [-0.25, -0.2) is 9.97 Å². The molecule has 5 heteroatoms. The lowest BCUT2D eigenvalue weighted by molar-refractivity contribution is 0.296. The summed E-state index contributed by atoms with van der Waals surface area (Å²) in [7, 11) is 0. The van der Waals surface area contributed by atoms with Crippen LogP contribution in [0.5, 0.6) is 0 Å². The zero-order chi connectivity index (χ0) is 11.8. The van der Waals surface area contributed by atoms with Gasteiger partial charge in [-0.2, -0.15) is 11.8 Å². The number of thioether (sulfide) groups is 1. The van der Waals surface area contributed by atoms with Crippen LogP contribution in [-0.2, 0) is 0 Å². The van der Waals surface area contributed by atoms with Crippen LogP contribution in [0.3, 0.4) is 0 Å². The molecule has 0 spiro atoms. The molecule has 0 radical (unpaired) electrons. The smallest absolute Gasteiger partial charge is 0.223 e. The van der Waals surface area contributed by atoms with E-state index in [1.165, 1.54) is 0 Å². The molecule has 0 aliphatic heterocycles. The molecule has 0 aromatic carbocycles. The van der Waals surface area contributed by atoms with Gasteiger partial charge in [0, 0.05) is 30.3 Å². The highest BCUT2D eigenvalue weighted by molar-refractivity contribution is 7.99. The van der Waals surface area contributed by atoms with E-state index in [1.807, 2.05) is 31.7 Å². The molecule has 0 unspecified atom stereocenters. The summed E-state index contributed by atoms with van der Waals surface area (Å²) in [6.07, 6.45) is 0.866. The Labute approximate surface area is 101 Å². The van der Waals surface area contributed by atoms with Crippen LogP contribution in [0.25, 0.3) is 0 Å². The van der Waals surface area contributed by atoms with E-state index in [1.54, 1.807) is 0 Å². The van der Waals surface area contributed by atoms with Crippen molar-refractivity contribution in [2.75, 3.05) is 30.0 Å². The van der Waals surface area contributed by atoms with Gasteiger partial charge in [-0.1, -0.05) is 0 Å². The second kappa shape index (κ2) is 7.46. The van der Waals surface area contributed by atoms with Gasteiger partial charge in [0.25, 0.3) is 0 Å². The molecule has 0 aliphatic rings. The van der Waals surface area contributed by atoms with E-state index < -0.39 is 0 Å². The maximum Gasteiger partial charge on any atom is 0.223 e. The Balaban J connectivity index is 2.21. The number of aryl methyl sites for hydroxylation is 2. The molecule has 0 atom stereocenters. The summed E-state index contributed by atoms with van der Waals surface area (Å²) in [5, 5.41) is 11.8. The van der Waals surface area contributed by atoms with E-state index >= 15 is 0 Å². The molecule has 1 rings (SSSR count). The maximum absolute atomic E-state index is 8.61. The van der Waals surface area contributed by atoms with Crippen LogP contribution in [0.15, 0.2) is 6.07 Å². The number of nitrogens with zero attached hydrogens (tertiary/aromatic N) is 2. The summed E-state index contributed by atoms with van der Waals surface area (Å²) in [5.41, 5.74) is 1.98. The number of hydrogen-bond donors (Lipinski definition) is 2. The molecular formula is C11H19N3OS. The van der Waals surface area contributed by atoms with Crippen LogP contribution in [0.4, 0.5) is 5.95 Å². The van der Waals surface area contributed by atoms with Crippen molar-refractivity contribution >= 4 is 17.7 Å². The fourth-order valence-electron chi connectivity index (χ4n) is 1.31. The van der Waals surface area contributed by atoms with Crippen molar-refractivity contribution in [1.29, 1.82) is 0 Å². The number of hydrogen-bond acceptors (Lipinski definition) is 5. The molecule has 0 saturated carbocycles. The van der Waals surface area contributed by atoms with E-state index in [4.69, 9.17) is 5.11 Å². The highest BCUT2D eigenvalue weighted by Gasteiger charge is 1.98. The summed E-state index contributed by atoms with van der Waals surface area (Å²) in [4.78, 5) is 8.59. The highest BCUT2D eigenvalue weighted by atomic mass is 32.2. The van der Waals surface area contributed by atoms with Gasteiger partial charge in [0.15, 0.2) is 0 Å². The Kier molecular flexibility index (Phi) is 6.18. The quantitative estimate of drug-likeness (QED) is 0.710. The molecule has 0 aliphatic carbocycles. The van der Waals surface area contributed by atoms with Crippen LogP contribution in [0.1, 0.15) is 17.8 Å². The van der Waals surface area contributed by atoms with Gasteiger partial charge in [-0.3, -0.25) is 0 Å². The topological polar surface area (TPSA) is 58.0 Å². The Morgan fingerprint density at radius 2 is 1.94 bits per heavy atom. The average molecular weight is 241 g/mol. The number of aliphatic hydroxyl groups is 1. The molecule has 90 valence electrons. The minimum atomic E-state index is 0.278. The van der Waals surface area contributed by atoms with Crippen molar-refractivity contribution in [3.8, 4) is 0 Å². The second-order valence-corrected chi connectivity index (χ2v) is 4.82. The molecule has 4 nitrogen and oxygen atoms in total. The van der Waals surface area contributed by atoms with Crippen molar-refractivity contribution in [2.24, 2.45) is 0 Å². The van der Waals surface area contributed by atoms with Crippen LogP contribution in [-0.4, -0.2) is 39.7 Å². The molecular weight excluding hydrogens is 222 g/mol. The first kappa shape index (κ1) is 13.3. The molecule has 0 bridgehead atoms. The van der Waals surface area contributed by atoms with Crippen LogP contribution in [0.2, 0.25) is 0 Å². The number of anilines is 1. The Bertz CT molecular complexity index is 300. The van der Waals surface area contributed by atoms with Crippen molar-refractivity contribution in [2.45, 2.75) is 20.3 Å². The summed E-state index contributed by atoms with van der Waals surface area (Å²) >= 11 is 1.83. The zero-order valence-corrected chi connectivity index (χ0v) is 10.7.